The molecule has 1 N–H and O–H groups in total. The Bertz CT molecular complexity index is 1140. The van der Waals surface area contributed by atoms with Crippen LogP contribution in [0.3, 0.4) is 0 Å². The number of alkyl halides is 3. The summed E-state index contributed by atoms with van der Waals surface area (Å²) in [6, 6.07) is 6.99. The maximum absolute atomic E-state index is 12.9. The molecule has 1 saturated heterocycles. The van der Waals surface area contributed by atoms with Crippen molar-refractivity contribution in [3.05, 3.63) is 63.9 Å². The van der Waals surface area contributed by atoms with Crippen molar-refractivity contribution in [1.82, 2.24) is 14.5 Å². The van der Waals surface area contributed by atoms with Gasteiger partial charge in [-0.3, -0.25) is 4.90 Å². The molecule has 2 aromatic heterocycles. The Balaban J connectivity index is 1.58. The first-order valence-corrected chi connectivity index (χ1v) is 10.8. The van der Waals surface area contributed by atoms with E-state index in [0.29, 0.717) is 16.6 Å². The van der Waals surface area contributed by atoms with Gasteiger partial charge >= 0.3 is 6.18 Å². The van der Waals surface area contributed by atoms with Crippen LogP contribution >= 0.6 is 11.6 Å². The van der Waals surface area contributed by atoms with Gasteiger partial charge in [-0.15, -0.1) is 0 Å². The molecule has 2 aliphatic heterocycles. The first-order chi connectivity index (χ1) is 14.6. The van der Waals surface area contributed by atoms with E-state index in [9.17, 15) is 18.3 Å². The lowest BCUT2D eigenvalue weighted by molar-refractivity contribution is -0.137. The lowest BCUT2D eigenvalue weighted by atomic mass is 9.94. The number of rotatable bonds is 3. The van der Waals surface area contributed by atoms with E-state index in [2.05, 4.69) is 9.88 Å². The van der Waals surface area contributed by atoms with Crippen LogP contribution in [0.25, 0.3) is 11.0 Å². The van der Waals surface area contributed by atoms with Gasteiger partial charge in [0.1, 0.15) is 11.2 Å². The molecule has 0 bridgehead atoms. The van der Waals surface area contributed by atoms with Crippen LogP contribution in [-0.2, 0) is 24.7 Å². The van der Waals surface area contributed by atoms with E-state index in [4.69, 9.17) is 11.6 Å². The molecule has 4 nitrogen and oxygen atoms in total. The molecule has 31 heavy (non-hydrogen) atoms. The molecule has 0 aliphatic carbocycles. The Labute approximate surface area is 183 Å². The van der Waals surface area contributed by atoms with Gasteiger partial charge in [0.25, 0.3) is 0 Å². The summed E-state index contributed by atoms with van der Waals surface area (Å²) in [5.74, 6) is 0. The molecule has 2 atom stereocenters. The Morgan fingerprint density at radius 1 is 1.16 bits per heavy atom. The highest BCUT2D eigenvalue weighted by molar-refractivity contribution is 6.31. The fraction of sp³-hybridized carbons (Fsp3) is 0.435. The molecular formula is C23H23ClF3N3O. The predicted molar refractivity (Wildman–Crippen MR) is 113 cm³/mol. The topological polar surface area (TPSA) is 41.3 Å². The molecule has 1 aromatic carbocycles. The zero-order valence-corrected chi connectivity index (χ0v) is 17.8. The maximum Gasteiger partial charge on any atom is 0.416 e. The maximum atomic E-state index is 12.9. The SMILES string of the molecule is CC(O)(Cn1c2c(c3cc(Cl)cnc31)C1CCCN1CC2)c1ccc(C(F)(F)F)cc1. The smallest absolute Gasteiger partial charge is 0.384 e. The monoisotopic (exact) mass is 449 g/mol. The van der Waals surface area contributed by atoms with Gasteiger partial charge in [-0.1, -0.05) is 23.7 Å². The van der Waals surface area contributed by atoms with Gasteiger partial charge < -0.3 is 9.67 Å². The van der Waals surface area contributed by atoms with E-state index in [-0.39, 0.29) is 6.54 Å². The second kappa shape index (κ2) is 7.22. The largest absolute Gasteiger partial charge is 0.416 e. The number of halogens is 4. The first kappa shape index (κ1) is 20.8. The van der Waals surface area contributed by atoms with Crippen LogP contribution < -0.4 is 0 Å². The summed E-state index contributed by atoms with van der Waals surface area (Å²) in [5, 5.41) is 12.9. The van der Waals surface area contributed by atoms with Crippen LogP contribution in [0.5, 0.6) is 0 Å². The minimum absolute atomic E-state index is 0.200. The molecule has 0 amide bonds. The van der Waals surface area contributed by atoms with Gasteiger partial charge in [-0.05, 0) is 55.6 Å². The minimum Gasteiger partial charge on any atom is -0.384 e. The zero-order chi connectivity index (χ0) is 22.0. The van der Waals surface area contributed by atoms with Gasteiger partial charge in [0, 0.05) is 36.3 Å². The molecule has 0 radical (unpaired) electrons. The van der Waals surface area contributed by atoms with E-state index in [1.807, 2.05) is 10.6 Å². The number of nitrogens with zero attached hydrogens (tertiary/aromatic N) is 3. The standard InChI is InChI=1S/C23H23ClF3N3O/c1-22(31,14-4-6-15(7-5-14)23(25,26)27)13-30-19-8-10-29-9-2-3-18(29)20(19)17-11-16(24)12-28-21(17)30/h4-7,11-12,18,31H,2-3,8-10,13H2,1H3. The van der Waals surface area contributed by atoms with E-state index < -0.39 is 17.3 Å². The molecule has 0 saturated carbocycles. The predicted octanol–water partition coefficient (Wildman–Crippen LogP) is 5.31. The van der Waals surface area contributed by atoms with Crippen molar-refractivity contribution in [2.24, 2.45) is 0 Å². The lowest BCUT2D eigenvalue weighted by Crippen LogP contribution is -2.33. The van der Waals surface area contributed by atoms with Crippen LogP contribution in [0.15, 0.2) is 36.5 Å². The zero-order valence-electron chi connectivity index (χ0n) is 17.1. The van der Waals surface area contributed by atoms with Crippen molar-refractivity contribution in [1.29, 1.82) is 0 Å². The fourth-order valence-corrected chi connectivity index (χ4v) is 5.33. The normalized spacial score (nSPS) is 21.2. The number of benzene rings is 1. The van der Waals surface area contributed by atoms with E-state index in [1.54, 1.807) is 13.1 Å². The van der Waals surface area contributed by atoms with Crippen LogP contribution in [0.4, 0.5) is 13.2 Å². The molecule has 8 heteroatoms. The molecule has 5 rings (SSSR count). The third-order valence-electron chi connectivity index (χ3n) is 6.65. The van der Waals surface area contributed by atoms with E-state index in [1.165, 1.54) is 17.7 Å². The summed E-state index contributed by atoms with van der Waals surface area (Å²) >= 11 is 6.27. The molecule has 0 spiro atoms. The summed E-state index contributed by atoms with van der Waals surface area (Å²) in [5.41, 5.74) is 1.47. The summed E-state index contributed by atoms with van der Waals surface area (Å²) in [6.07, 6.45) is 0.256. The van der Waals surface area contributed by atoms with Crippen LogP contribution in [0, 0.1) is 0 Å². The van der Waals surface area contributed by atoms with Gasteiger partial charge in [0.05, 0.1) is 17.1 Å². The minimum atomic E-state index is -4.41. The highest BCUT2D eigenvalue weighted by atomic mass is 35.5. The van der Waals surface area contributed by atoms with Crippen LogP contribution in [0.2, 0.25) is 5.02 Å². The average Bonchev–Trinajstić information content (AvgIpc) is 3.30. The third-order valence-corrected chi connectivity index (χ3v) is 6.86. The van der Waals surface area contributed by atoms with Crippen molar-refractivity contribution >= 4 is 22.6 Å². The molecule has 4 heterocycles. The lowest BCUT2D eigenvalue weighted by Gasteiger charge is -2.32. The quantitative estimate of drug-likeness (QED) is 0.589. The Kier molecular flexibility index (Phi) is 4.84. The molecular weight excluding hydrogens is 427 g/mol. The second-order valence-electron chi connectivity index (χ2n) is 8.76. The highest BCUT2D eigenvalue weighted by Crippen LogP contribution is 2.44. The number of aliphatic hydroxyl groups is 1. The van der Waals surface area contributed by atoms with E-state index in [0.717, 1.165) is 61.2 Å². The van der Waals surface area contributed by atoms with Crippen LogP contribution in [-0.4, -0.2) is 32.6 Å². The second-order valence-corrected chi connectivity index (χ2v) is 9.20. The van der Waals surface area contributed by atoms with Crippen molar-refractivity contribution < 1.29 is 18.3 Å². The first-order valence-electron chi connectivity index (χ1n) is 10.5. The summed E-state index contributed by atoms with van der Waals surface area (Å²) < 4.78 is 40.8. The Hall–Kier alpha value is -2.09. The molecule has 164 valence electrons. The van der Waals surface area contributed by atoms with Gasteiger partial charge in [-0.2, -0.15) is 13.2 Å². The van der Waals surface area contributed by atoms with Gasteiger partial charge in [0.15, 0.2) is 0 Å². The summed E-state index contributed by atoms with van der Waals surface area (Å²) in [4.78, 5) is 7.06. The Morgan fingerprint density at radius 3 is 2.58 bits per heavy atom. The Morgan fingerprint density at radius 2 is 1.87 bits per heavy atom. The number of aromatic nitrogens is 2. The molecule has 2 aliphatic rings. The number of fused-ring (bicyclic) bond motifs is 5. The van der Waals surface area contributed by atoms with Gasteiger partial charge in [0.2, 0.25) is 0 Å². The van der Waals surface area contributed by atoms with Crippen molar-refractivity contribution in [3.63, 3.8) is 0 Å². The molecule has 2 unspecified atom stereocenters. The summed E-state index contributed by atoms with van der Waals surface area (Å²) in [7, 11) is 0. The molecule has 3 aromatic rings. The van der Waals surface area contributed by atoms with Gasteiger partial charge in [-0.25, -0.2) is 4.98 Å². The average molecular weight is 450 g/mol. The number of hydrogen-bond acceptors (Lipinski definition) is 3. The number of hydrogen-bond donors (Lipinski definition) is 1. The third kappa shape index (κ3) is 3.52. The fourth-order valence-electron chi connectivity index (χ4n) is 5.17. The van der Waals surface area contributed by atoms with Crippen molar-refractivity contribution in [3.8, 4) is 0 Å². The summed E-state index contributed by atoms with van der Waals surface area (Å²) in [6.45, 7) is 3.86. The van der Waals surface area contributed by atoms with Crippen LogP contribution in [0.1, 0.15) is 48.2 Å². The highest BCUT2D eigenvalue weighted by Gasteiger charge is 2.37. The van der Waals surface area contributed by atoms with E-state index >= 15 is 0 Å². The molecule has 1 fully saturated rings. The van der Waals surface area contributed by atoms with Crippen molar-refractivity contribution in [2.75, 3.05) is 13.1 Å². The van der Waals surface area contributed by atoms with Crippen molar-refractivity contribution in [2.45, 2.75) is 50.6 Å². The number of pyridine rings is 1.